The Morgan fingerprint density at radius 2 is 1.68 bits per heavy atom. The predicted octanol–water partition coefficient (Wildman–Crippen LogP) is 2.84. The van der Waals surface area contributed by atoms with E-state index in [9.17, 15) is 14.0 Å². The van der Waals surface area contributed by atoms with Crippen LogP contribution in [0.15, 0.2) is 53.3 Å². The molecule has 25 heavy (non-hydrogen) atoms. The van der Waals surface area contributed by atoms with E-state index in [0.29, 0.717) is 6.54 Å². The van der Waals surface area contributed by atoms with Crippen molar-refractivity contribution < 1.29 is 9.18 Å². The van der Waals surface area contributed by atoms with Crippen LogP contribution in [-0.2, 0) is 17.9 Å². The van der Waals surface area contributed by atoms with E-state index in [1.807, 2.05) is 38.1 Å². The van der Waals surface area contributed by atoms with Gasteiger partial charge in [0.25, 0.3) is 0 Å². The Balaban J connectivity index is 1.82. The van der Waals surface area contributed by atoms with Gasteiger partial charge in [0, 0.05) is 6.54 Å². The molecule has 1 unspecified atom stereocenters. The number of hydrogen-bond acceptors (Lipinski definition) is 2. The van der Waals surface area contributed by atoms with Gasteiger partial charge >= 0.3 is 5.69 Å². The molecule has 0 saturated heterocycles. The average molecular weight is 341 g/mol. The van der Waals surface area contributed by atoms with Gasteiger partial charge in [-0.2, -0.15) is 0 Å². The minimum atomic E-state index is -0.318. The van der Waals surface area contributed by atoms with E-state index in [0.717, 1.165) is 16.6 Å². The molecule has 1 amide bonds. The van der Waals surface area contributed by atoms with Crippen molar-refractivity contribution in [2.24, 2.45) is 0 Å². The molecule has 2 aromatic carbocycles. The van der Waals surface area contributed by atoms with Crippen LogP contribution in [-0.4, -0.2) is 15.0 Å². The second-order valence-electron chi connectivity index (χ2n) is 5.94. The van der Waals surface area contributed by atoms with Crippen LogP contribution in [0.25, 0.3) is 11.0 Å². The number of amides is 1. The average Bonchev–Trinajstić information content (AvgIpc) is 2.87. The smallest absolute Gasteiger partial charge is 0.329 e. The van der Waals surface area contributed by atoms with Crippen molar-refractivity contribution in [1.29, 1.82) is 0 Å². The first-order valence-electron chi connectivity index (χ1n) is 8.24. The summed E-state index contributed by atoms with van der Waals surface area (Å²) in [4.78, 5) is 25.0. The number of nitrogens with one attached hydrogen (secondary N) is 1. The topological polar surface area (TPSA) is 56.0 Å². The van der Waals surface area contributed by atoms with Gasteiger partial charge in [0.2, 0.25) is 5.91 Å². The summed E-state index contributed by atoms with van der Waals surface area (Å²) in [6.45, 7) is 4.20. The van der Waals surface area contributed by atoms with Gasteiger partial charge in [0.05, 0.1) is 17.1 Å². The lowest BCUT2D eigenvalue weighted by molar-refractivity contribution is -0.122. The zero-order valence-corrected chi connectivity index (χ0v) is 14.2. The van der Waals surface area contributed by atoms with Gasteiger partial charge in [-0.05, 0) is 43.7 Å². The molecule has 0 aliphatic rings. The van der Waals surface area contributed by atoms with Gasteiger partial charge in [-0.15, -0.1) is 0 Å². The van der Waals surface area contributed by atoms with Gasteiger partial charge in [0.15, 0.2) is 0 Å². The lowest BCUT2D eigenvalue weighted by Crippen LogP contribution is -2.34. The summed E-state index contributed by atoms with van der Waals surface area (Å²) in [5.41, 5.74) is 2.15. The first-order valence-corrected chi connectivity index (χ1v) is 8.24. The molecule has 1 heterocycles. The highest BCUT2D eigenvalue weighted by atomic mass is 19.1. The number of rotatable bonds is 5. The zero-order valence-electron chi connectivity index (χ0n) is 14.2. The number of benzene rings is 2. The minimum Gasteiger partial charge on any atom is -0.348 e. The molecule has 0 bridgehead atoms. The molecular formula is C19H20FN3O2. The summed E-state index contributed by atoms with van der Waals surface area (Å²) in [5.74, 6) is -0.584. The number of imidazole rings is 1. The maximum atomic E-state index is 13.0. The number of carbonyl (C=O) groups excluding carboxylic acids is 1. The first-order chi connectivity index (χ1) is 12.0. The van der Waals surface area contributed by atoms with Crippen LogP contribution in [0.1, 0.15) is 25.5 Å². The van der Waals surface area contributed by atoms with Crippen LogP contribution in [0.5, 0.6) is 0 Å². The normalized spacial score (nSPS) is 12.3. The Bertz CT molecular complexity index is 957. The van der Waals surface area contributed by atoms with Crippen molar-refractivity contribution in [3.63, 3.8) is 0 Å². The Morgan fingerprint density at radius 1 is 1.08 bits per heavy atom. The van der Waals surface area contributed by atoms with Gasteiger partial charge < -0.3 is 5.32 Å². The third kappa shape index (κ3) is 3.33. The van der Waals surface area contributed by atoms with Gasteiger partial charge in [-0.1, -0.05) is 24.3 Å². The first kappa shape index (κ1) is 17.0. The fourth-order valence-electron chi connectivity index (χ4n) is 3.00. The lowest BCUT2D eigenvalue weighted by Gasteiger charge is -2.14. The molecule has 0 saturated carbocycles. The molecule has 130 valence electrons. The molecule has 6 heteroatoms. The molecule has 0 aliphatic heterocycles. The maximum Gasteiger partial charge on any atom is 0.329 e. The van der Waals surface area contributed by atoms with Crippen molar-refractivity contribution in [2.45, 2.75) is 33.0 Å². The number of aromatic nitrogens is 2. The van der Waals surface area contributed by atoms with Crippen molar-refractivity contribution in [3.05, 3.63) is 70.4 Å². The van der Waals surface area contributed by atoms with Crippen LogP contribution < -0.4 is 11.0 Å². The Hall–Kier alpha value is -2.89. The van der Waals surface area contributed by atoms with Gasteiger partial charge in [-0.25, -0.2) is 9.18 Å². The molecule has 5 nitrogen and oxygen atoms in total. The second kappa shape index (κ2) is 6.93. The van der Waals surface area contributed by atoms with E-state index in [4.69, 9.17) is 0 Å². The van der Waals surface area contributed by atoms with E-state index < -0.39 is 0 Å². The van der Waals surface area contributed by atoms with Crippen molar-refractivity contribution in [2.75, 3.05) is 0 Å². The van der Waals surface area contributed by atoms with Crippen molar-refractivity contribution in [1.82, 2.24) is 14.5 Å². The molecule has 1 N–H and O–H groups in total. The molecular weight excluding hydrogens is 321 g/mol. The molecule has 3 rings (SSSR count). The van der Waals surface area contributed by atoms with E-state index in [1.54, 1.807) is 16.7 Å². The number of para-hydroxylation sites is 2. The predicted molar refractivity (Wildman–Crippen MR) is 94.8 cm³/mol. The third-order valence-corrected chi connectivity index (χ3v) is 4.29. The summed E-state index contributed by atoms with van der Waals surface area (Å²) in [6.07, 6.45) is 0. The number of halogens is 1. The number of carbonyl (C=O) groups is 1. The maximum absolute atomic E-state index is 13.0. The monoisotopic (exact) mass is 341 g/mol. The zero-order chi connectivity index (χ0) is 18.0. The standard InChI is InChI=1S/C19H20FN3O2/c1-3-22-16-6-4-5-7-17(16)23(19(22)25)12-18(24)21-13(2)14-8-10-15(20)11-9-14/h4-11,13H,3,12H2,1-2H3,(H,21,24). The van der Waals surface area contributed by atoms with E-state index >= 15 is 0 Å². The quantitative estimate of drug-likeness (QED) is 0.776. The Labute approximate surface area is 144 Å². The highest BCUT2D eigenvalue weighted by Gasteiger charge is 2.16. The molecule has 3 aromatic rings. The van der Waals surface area contributed by atoms with Crippen LogP contribution in [0, 0.1) is 5.82 Å². The van der Waals surface area contributed by atoms with Crippen LogP contribution in [0.2, 0.25) is 0 Å². The number of hydrogen-bond donors (Lipinski definition) is 1. The van der Waals surface area contributed by atoms with Crippen molar-refractivity contribution >= 4 is 16.9 Å². The SMILES string of the molecule is CCn1c(=O)n(CC(=O)NC(C)c2ccc(F)cc2)c2ccccc21. The molecule has 1 atom stereocenters. The Morgan fingerprint density at radius 3 is 2.28 bits per heavy atom. The van der Waals surface area contributed by atoms with Crippen molar-refractivity contribution in [3.8, 4) is 0 Å². The van der Waals surface area contributed by atoms with Crippen LogP contribution in [0.4, 0.5) is 4.39 Å². The molecule has 0 radical (unpaired) electrons. The highest BCUT2D eigenvalue weighted by Crippen LogP contribution is 2.14. The molecule has 0 spiro atoms. The summed E-state index contributed by atoms with van der Waals surface area (Å²) >= 11 is 0. The molecule has 0 aliphatic carbocycles. The lowest BCUT2D eigenvalue weighted by atomic mass is 10.1. The minimum absolute atomic E-state index is 0.0577. The van der Waals surface area contributed by atoms with Crippen LogP contribution in [0.3, 0.4) is 0 Å². The van der Waals surface area contributed by atoms with E-state index in [1.165, 1.54) is 16.7 Å². The second-order valence-corrected chi connectivity index (χ2v) is 5.94. The van der Waals surface area contributed by atoms with E-state index in [-0.39, 0.29) is 30.0 Å². The van der Waals surface area contributed by atoms with Crippen LogP contribution >= 0.6 is 0 Å². The molecule has 0 fully saturated rings. The summed E-state index contributed by atoms with van der Waals surface area (Å²) < 4.78 is 16.1. The highest BCUT2D eigenvalue weighted by molar-refractivity contribution is 5.81. The largest absolute Gasteiger partial charge is 0.348 e. The van der Waals surface area contributed by atoms with E-state index in [2.05, 4.69) is 5.32 Å². The fourth-order valence-corrected chi connectivity index (χ4v) is 3.00. The number of fused-ring (bicyclic) bond motifs is 1. The summed E-state index contributed by atoms with van der Waals surface area (Å²) in [7, 11) is 0. The summed E-state index contributed by atoms with van der Waals surface area (Å²) in [6, 6.07) is 13.1. The van der Waals surface area contributed by atoms with Gasteiger partial charge in [-0.3, -0.25) is 13.9 Å². The number of aryl methyl sites for hydroxylation is 1. The van der Waals surface area contributed by atoms with Gasteiger partial charge in [0.1, 0.15) is 12.4 Å². The summed E-state index contributed by atoms with van der Waals surface area (Å²) in [5, 5.41) is 2.85. The fraction of sp³-hybridized carbons (Fsp3) is 0.263. The molecule has 1 aromatic heterocycles. The number of nitrogens with zero attached hydrogens (tertiary/aromatic N) is 2. The Kier molecular flexibility index (Phi) is 4.70. The third-order valence-electron chi connectivity index (χ3n) is 4.29.